The second kappa shape index (κ2) is 26.5. The van der Waals surface area contributed by atoms with Gasteiger partial charge in [0.05, 0.1) is 48.8 Å². The number of hydrogen-bond donors (Lipinski definition) is 14. The molecule has 0 aromatic rings. The molecule has 7 saturated heterocycles. The van der Waals surface area contributed by atoms with Gasteiger partial charge in [-0.05, 0) is 61.3 Å². The van der Waals surface area contributed by atoms with Crippen LogP contribution in [0.1, 0.15) is 69.2 Å². The second-order valence-electron chi connectivity index (χ2n) is 21.8. The highest BCUT2D eigenvalue weighted by atomic mass is 16.8. The summed E-state index contributed by atoms with van der Waals surface area (Å²) in [7, 11) is 0. The van der Waals surface area contributed by atoms with E-state index in [4.69, 9.17) is 71.1 Å². The minimum Gasteiger partial charge on any atom is -0.435 e. The highest BCUT2D eigenvalue weighted by Crippen LogP contribution is 2.39. The summed E-state index contributed by atoms with van der Waals surface area (Å²) in [6, 6.07) is 0. The second-order valence-corrected chi connectivity index (χ2v) is 21.8. The minimum atomic E-state index is -2.01. The van der Waals surface area contributed by atoms with Gasteiger partial charge in [0, 0.05) is 0 Å². The molecule has 7 aliphatic rings. The Bertz CT molecular complexity index is 1880. The first kappa shape index (κ1) is 63.9. The van der Waals surface area contributed by atoms with E-state index in [1.165, 1.54) is 41.5 Å². The molecule has 35 atom stereocenters. The Hall–Kier alpha value is -1.65. The van der Waals surface area contributed by atoms with Crippen molar-refractivity contribution in [3.05, 3.63) is 0 Å². The first-order valence-corrected chi connectivity index (χ1v) is 26.4. The molecule has 7 aliphatic heterocycles. The van der Waals surface area contributed by atoms with Crippen molar-refractivity contribution in [3.8, 4) is 0 Å². The zero-order valence-corrected chi connectivity index (χ0v) is 44.7. The normalized spacial score (nSPS) is 53.5. The molecule has 0 radical (unpaired) electrons. The fraction of sp³-hybridized carbons (Fsp3) is 0.979. The third-order valence-corrected chi connectivity index (χ3v) is 15.3. The minimum absolute atomic E-state index is 0.0525. The maximum absolute atomic E-state index is 11.9. The molecule has 30 nitrogen and oxygen atoms in total. The van der Waals surface area contributed by atoms with Gasteiger partial charge in [-0.15, -0.1) is 0 Å². The summed E-state index contributed by atoms with van der Waals surface area (Å²) in [5.41, 5.74) is 0. The zero-order valence-electron chi connectivity index (χ0n) is 44.7. The Morgan fingerprint density at radius 1 is 0.308 bits per heavy atom. The summed E-state index contributed by atoms with van der Waals surface area (Å²) in [6.07, 6.45) is -55.9. The van der Waals surface area contributed by atoms with Crippen LogP contribution in [0.2, 0.25) is 0 Å². The molecule has 7 rings (SSSR count). The quantitative estimate of drug-likeness (QED) is 0.0602. The molecule has 7 fully saturated rings. The van der Waals surface area contributed by atoms with Gasteiger partial charge >= 0.3 is 0 Å². The van der Waals surface area contributed by atoms with Gasteiger partial charge < -0.3 is 143 Å². The molecule has 0 bridgehead atoms. The topological polar surface area (TPSA) is 439 Å². The molecule has 14 N–H and O–H groups in total. The lowest BCUT2D eigenvalue weighted by Crippen LogP contribution is -2.68. The van der Waals surface area contributed by atoms with E-state index >= 15 is 0 Å². The number of aliphatic hydroxyl groups is 14. The van der Waals surface area contributed by atoms with Crippen LogP contribution >= 0.6 is 0 Å². The van der Waals surface area contributed by atoms with Gasteiger partial charge in [0.1, 0.15) is 128 Å². The van der Waals surface area contributed by atoms with Crippen LogP contribution < -0.4 is 0 Å². The van der Waals surface area contributed by atoms with Gasteiger partial charge in [-0.3, -0.25) is 4.79 Å². The van der Waals surface area contributed by atoms with Gasteiger partial charge in [-0.2, -0.15) is 0 Å². The van der Waals surface area contributed by atoms with E-state index in [9.17, 15) is 76.3 Å². The highest BCUT2D eigenvalue weighted by Gasteiger charge is 2.58. The smallest absolute Gasteiger partial charge is 0.295 e. The fourth-order valence-corrected chi connectivity index (χ4v) is 10.6. The number of hydrogen-bond acceptors (Lipinski definition) is 30. The third-order valence-electron chi connectivity index (χ3n) is 15.3. The Balaban J connectivity index is 1.04. The van der Waals surface area contributed by atoms with Crippen LogP contribution in [0.15, 0.2) is 0 Å². The number of carbonyl (C=O) groups excluding carboxylic acids is 1. The molecule has 454 valence electrons. The summed E-state index contributed by atoms with van der Waals surface area (Å²) >= 11 is 0. The van der Waals surface area contributed by atoms with Crippen molar-refractivity contribution in [1.29, 1.82) is 0 Å². The predicted octanol–water partition coefficient (Wildman–Crippen LogP) is -6.83. The molecular weight excluding hydrogens is 1060 g/mol. The fourth-order valence-electron chi connectivity index (χ4n) is 10.6. The predicted molar refractivity (Wildman–Crippen MR) is 250 cm³/mol. The molecule has 78 heavy (non-hydrogen) atoms. The molecule has 14 unspecified atom stereocenters. The summed E-state index contributed by atoms with van der Waals surface area (Å²) in [5.74, 6) is -0.405. The summed E-state index contributed by atoms with van der Waals surface area (Å²) in [4.78, 5) is 11.2. The Morgan fingerprint density at radius 3 is 0.910 bits per heavy atom. The molecule has 0 aromatic heterocycles. The van der Waals surface area contributed by atoms with E-state index in [1.807, 2.05) is 0 Å². The van der Waals surface area contributed by atoms with Crippen LogP contribution in [0.5, 0.6) is 0 Å². The van der Waals surface area contributed by atoms with Crippen molar-refractivity contribution in [2.45, 2.75) is 290 Å². The van der Waals surface area contributed by atoms with Crippen molar-refractivity contribution < 1.29 is 147 Å². The van der Waals surface area contributed by atoms with Crippen LogP contribution in [0, 0.1) is 5.92 Å². The van der Waals surface area contributed by atoms with E-state index in [-0.39, 0.29) is 6.47 Å². The Morgan fingerprint density at radius 2 is 0.577 bits per heavy atom. The average molecular weight is 1140 g/mol. The van der Waals surface area contributed by atoms with E-state index in [0.29, 0.717) is 0 Å². The van der Waals surface area contributed by atoms with Crippen molar-refractivity contribution in [2.24, 2.45) is 5.92 Å². The van der Waals surface area contributed by atoms with Crippen LogP contribution in [-0.2, 0) is 75.8 Å². The summed E-state index contributed by atoms with van der Waals surface area (Å²) < 4.78 is 87.3. The third kappa shape index (κ3) is 13.3. The van der Waals surface area contributed by atoms with E-state index in [1.54, 1.807) is 27.7 Å². The highest BCUT2D eigenvalue weighted by molar-refractivity contribution is 5.37. The molecule has 0 aromatic carbocycles. The van der Waals surface area contributed by atoms with Crippen molar-refractivity contribution in [2.75, 3.05) is 0 Å². The lowest BCUT2D eigenvalue weighted by Gasteiger charge is -2.50. The number of ether oxygens (including phenoxy) is 15. The Kier molecular flexibility index (Phi) is 21.7. The maximum Gasteiger partial charge on any atom is 0.295 e. The first-order valence-electron chi connectivity index (χ1n) is 26.4. The summed E-state index contributed by atoms with van der Waals surface area (Å²) in [5, 5.41) is 157. The Labute approximate surface area is 449 Å². The van der Waals surface area contributed by atoms with Crippen molar-refractivity contribution in [1.82, 2.24) is 0 Å². The van der Waals surface area contributed by atoms with Crippen molar-refractivity contribution >= 4 is 6.47 Å². The monoisotopic (exact) mass is 1140 g/mol. The molecule has 30 heteroatoms. The molecule has 0 saturated carbocycles. The first-order chi connectivity index (χ1) is 36.6. The lowest BCUT2D eigenvalue weighted by molar-refractivity contribution is -0.397. The molecule has 0 spiro atoms. The maximum atomic E-state index is 11.9. The van der Waals surface area contributed by atoms with Gasteiger partial charge in [0.2, 0.25) is 6.29 Å². The van der Waals surface area contributed by atoms with Crippen molar-refractivity contribution in [3.63, 3.8) is 0 Å². The number of carbonyl (C=O) groups is 1. The van der Waals surface area contributed by atoms with Crippen LogP contribution in [0.3, 0.4) is 0 Å². The summed E-state index contributed by atoms with van der Waals surface area (Å²) in [6.45, 7) is 15.4. The standard InChI is InChI=1S/C48H82O30/c1-12(2)34-41(77-43-28(58)26(56)27(57)42(78-43)64-11-49)40(25(55)14(5)66-34)76-48-33(63)39(24(54)19(10)71-48)75-47-32(62)38(23(53)18(9)70-47)74-46-31(61)37(22(52)17(8)69-46)73-45-30(60)36(21(51)16(7)68-45)72-44-29(59)35(65-13(3)4)20(50)15(6)67-44/h11-48,50-63H,1-10H3/t14?,15?,16?,17?,18?,19?,20-,21-,22-,23-,24-,25-,26-,27+,28?,29?,30?,31?,32?,33?,34+,35+,36+,37+,38+,39+,40+,41?,42?,43-,44+,45+,46+,47+,48+/m1/s1. The average Bonchev–Trinajstić information content (AvgIpc) is 3.40. The lowest BCUT2D eigenvalue weighted by atomic mass is 9.89. The molecule has 0 aliphatic carbocycles. The molecule has 7 heterocycles. The molecular formula is C48H82O30. The van der Waals surface area contributed by atoms with Crippen LogP contribution in [0.4, 0.5) is 0 Å². The SMILES string of the molecule is CC(C)O[C@@H]1C(O)[C@H](O[C@@H]2C(O)[C@H](O[C@@H]3C(O)[C@H](O[C@@H]4C(O)[C@H](O[C@@H]5C(O)[C@H](O[C@@H]6C(O[C@@H]7OC(OC=O)[C@@H](O)[C@@H](O)C7O)[C@H](C(C)C)OC(C)[C@H]6O)OC(C)[C@H]5O)OC(C)[C@H]4O)OC(C)[C@H]3O)OC(C)[C@H]2O)OC(C)[C@H]1O. The van der Waals surface area contributed by atoms with Crippen LogP contribution in [0.25, 0.3) is 0 Å². The number of rotatable bonds is 17. The van der Waals surface area contributed by atoms with Gasteiger partial charge in [-0.1, -0.05) is 13.8 Å². The van der Waals surface area contributed by atoms with E-state index in [0.717, 1.165) is 0 Å². The largest absolute Gasteiger partial charge is 0.435 e. The number of aliphatic hydroxyl groups excluding tert-OH is 14. The van der Waals surface area contributed by atoms with Gasteiger partial charge in [0.15, 0.2) is 37.7 Å². The zero-order chi connectivity index (χ0) is 57.7. The molecule has 0 amide bonds. The van der Waals surface area contributed by atoms with E-state index < -0.39 is 227 Å². The van der Waals surface area contributed by atoms with E-state index in [2.05, 4.69) is 0 Å². The van der Waals surface area contributed by atoms with Crippen LogP contribution in [-0.4, -0.2) is 299 Å². The van der Waals surface area contributed by atoms with Gasteiger partial charge in [0.25, 0.3) is 6.47 Å². The van der Waals surface area contributed by atoms with Gasteiger partial charge in [-0.25, -0.2) is 0 Å².